The van der Waals surface area contributed by atoms with Gasteiger partial charge in [-0.05, 0) is 33.8 Å². The molecule has 0 radical (unpaired) electrons. The molecule has 1 unspecified atom stereocenters. The fraction of sp³-hybridized carbons (Fsp3) is 0.444. The maximum Gasteiger partial charge on any atom is 0.345 e. The number of allylic oxidation sites excluding steroid dienone is 1. The molecule has 1 aromatic rings. The van der Waals surface area contributed by atoms with Crippen LogP contribution in [0.3, 0.4) is 0 Å². The molecule has 1 aliphatic heterocycles. The van der Waals surface area contributed by atoms with Gasteiger partial charge in [0.15, 0.2) is 6.29 Å². The van der Waals surface area contributed by atoms with Crippen molar-refractivity contribution in [1.82, 2.24) is 0 Å². The van der Waals surface area contributed by atoms with Crippen molar-refractivity contribution in [3.05, 3.63) is 33.9 Å². The molecule has 0 aliphatic carbocycles. The number of fused-ring (bicyclic) bond motifs is 1. The summed E-state index contributed by atoms with van der Waals surface area (Å²) in [5.74, 6) is 0.151. The number of cyclic esters (lactones) is 1. The summed E-state index contributed by atoms with van der Waals surface area (Å²) in [7, 11) is 1.46. The van der Waals surface area contributed by atoms with Gasteiger partial charge in [0.2, 0.25) is 6.29 Å². The molecule has 6 nitrogen and oxygen atoms in total. The monoisotopic (exact) mass is 334 g/mol. The highest BCUT2D eigenvalue weighted by Crippen LogP contribution is 2.46. The van der Waals surface area contributed by atoms with Crippen LogP contribution < -0.4 is 9.47 Å². The molecule has 0 aromatic heterocycles. The van der Waals surface area contributed by atoms with Gasteiger partial charge in [-0.1, -0.05) is 5.57 Å². The number of esters is 1. The van der Waals surface area contributed by atoms with Crippen molar-refractivity contribution in [2.45, 2.75) is 34.0 Å². The lowest BCUT2D eigenvalue weighted by Gasteiger charge is -2.18. The van der Waals surface area contributed by atoms with E-state index in [0.717, 1.165) is 5.57 Å². The second-order valence-corrected chi connectivity index (χ2v) is 5.59. The van der Waals surface area contributed by atoms with Crippen molar-refractivity contribution < 1.29 is 28.5 Å². The molecule has 1 aromatic carbocycles. The van der Waals surface area contributed by atoms with Crippen LogP contribution in [-0.4, -0.2) is 32.6 Å². The molecule has 0 saturated heterocycles. The van der Waals surface area contributed by atoms with Gasteiger partial charge in [0.25, 0.3) is 0 Å². The summed E-state index contributed by atoms with van der Waals surface area (Å²) in [6.45, 7) is 8.07. The zero-order valence-corrected chi connectivity index (χ0v) is 14.6. The zero-order chi connectivity index (χ0) is 17.9. The molecule has 130 valence electrons. The van der Waals surface area contributed by atoms with E-state index in [1.807, 2.05) is 19.9 Å². The van der Waals surface area contributed by atoms with Gasteiger partial charge in [-0.3, -0.25) is 4.79 Å². The highest BCUT2D eigenvalue weighted by atomic mass is 16.7. The number of aldehydes is 1. The lowest BCUT2D eigenvalue weighted by molar-refractivity contribution is -0.0995. The number of carbonyl (C=O) groups is 2. The fourth-order valence-corrected chi connectivity index (χ4v) is 2.65. The Morgan fingerprint density at radius 3 is 2.54 bits per heavy atom. The summed E-state index contributed by atoms with van der Waals surface area (Å²) in [5, 5.41) is 0. The third-order valence-electron chi connectivity index (χ3n) is 3.73. The molecule has 6 heteroatoms. The van der Waals surface area contributed by atoms with E-state index >= 15 is 0 Å². The van der Waals surface area contributed by atoms with Gasteiger partial charge >= 0.3 is 5.97 Å². The Balaban J connectivity index is 2.64. The summed E-state index contributed by atoms with van der Waals surface area (Å²) in [6, 6.07) is 0. The van der Waals surface area contributed by atoms with Crippen molar-refractivity contribution in [3.8, 4) is 11.5 Å². The van der Waals surface area contributed by atoms with Gasteiger partial charge in [-0.25, -0.2) is 4.79 Å². The summed E-state index contributed by atoms with van der Waals surface area (Å²) in [4.78, 5) is 24.0. The summed E-state index contributed by atoms with van der Waals surface area (Å²) in [6.07, 6.45) is 1.63. The highest BCUT2D eigenvalue weighted by Gasteiger charge is 2.40. The third kappa shape index (κ3) is 3.14. The predicted octanol–water partition coefficient (Wildman–Crippen LogP) is 3.37. The molecule has 2 rings (SSSR count). The molecular formula is C18H22O6. The summed E-state index contributed by atoms with van der Waals surface area (Å²) >= 11 is 0. The molecule has 1 heterocycles. The lowest BCUT2D eigenvalue weighted by atomic mass is 9.96. The van der Waals surface area contributed by atoms with Crippen LogP contribution in [0, 0.1) is 6.92 Å². The number of carbonyl (C=O) groups excluding carboxylic acids is 2. The van der Waals surface area contributed by atoms with Gasteiger partial charge in [-0.15, -0.1) is 0 Å². The number of hydrogen-bond acceptors (Lipinski definition) is 6. The minimum atomic E-state index is -0.932. The molecular weight excluding hydrogens is 312 g/mol. The van der Waals surface area contributed by atoms with Crippen LogP contribution in [0.2, 0.25) is 0 Å². The van der Waals surface area contributed by atoms with Gasteiger partial charge < -0.3 is 18.9 Å². The molecule has 1 aliphatic rings. The lowest BCUT2D eigenvalue weighted by Crippen LogP contribution is -2.10. The van der Waals surface area contributed by atoms with Crippen LogP contribution in [-0.2, 0) is 9.47 Å². The standard InChI is InChI=1S/C18H22O6/c1-6-22-18-13-12(9-19)15(23-8-7-10(2)3)11(4)16(21-5)14(13)17(20)24-18/h7,9,18H,6,8H2,1-5H3. The van der Waals surface area contributed by atoms with Crippen LogP contribution in [0.15, 0.2) is 11.6 Å². The zero-order valence-electron chi connectivity index (χ0n) is 14.6. The van der Waals surface area contributed by atoms with Crippen molar-refractivity contribution in [3.63, 3.8) is 0 Å². The van der Waals surface area contributed by atoms with Gasteiger partial charge in [0.1, 0.15) is 23.7 Å². The topological polar surface area (TPSA) is 71.1 Å². The van der Waals surface area contributed by atoms with E-state index in [0.29, 0.717) is 42.1 Å². The molecule has 0 bridgehead atoms. The van der Waals surface area contributed by atoms with Crippen LogP contribution in [0.5, 0.6) is 11.5 Å². The van der Waals surface area contributed by atoms with E-state index in [2.05, 4.69) is 0 Å². The van der Waals surface area contributed by atoms with Gasteiger partial charge in [0.05, 0.1) is 18.2 Å². The third-order valence-corrected chi connectivity index (χ3v) is 3.73. The van der Waals surface area contributed by atoms with Crippen molar-refractivity contribution in [2.75, 3.05) is 20.3 Å². The Kier molecular flexibility index (Phi) is 5.62. The normalized spacial score (nSPS) is 15.5. The maximum atomic E-state index is 12.2. The Morgan fingerprint density at radius 2 is 2.00 bits per heavy atom. The Labute approximate surface area is 141 Å². The van der Waals surface area contributed by atoms with Crippen molar-refractivity contribution in [1.29, 1.82) is 0 Å². The van der Waals surface area contributed by atoms with E-state index in [-0.39, 0.29) is 11.1 Å². The minimum absolute atomic E-state index is 0.227. The summed E-state index contributed by atoms with van der Waals surface area (Å²) < 4.78 is 21.9. The largest absolute Gasteiger partial charge is 0.495 e. The molecule has 0 fully saturated rings. The van der Waals surface area contributed by atoms with E-state index in [1.165, 1.54) is 7.11 Å². The van der Waals surface area contributed by atoms with E-state index in [4.69, 9.17) is 18.9 Å². The number of hydrogen-bond donors (Lipinski definition) is 0. The first-order chi connectivity index (χ1) is 11.5. The maximum absolute atomic E-state index is 12.2. The molecule has 0 spiro atoms. The number of ether oxygens (including phenoxy) is 4. The Hall–Kier alpha value is -2.34. The van der Waals surface area contributed by atoms with Crippen molar-refractivity contribution in [2.24, 2.45) is 0 Å². The van der Waals surface area contributed by atoms with Crippen LogP contribution in [0.25, 0.3) is 0 Å². The average molecular weight is 334 g/mol. The molecule has 0 N–H and O–H groups in total. The van der Waals surface area contributed by atoms with Gasteiger partial charge in [-0.2, -0.15) is 0 Å². The Morgan fingerprint density at radius 1 is 1.29 bits per heavy atom. The summed E-state index contributed by atoms with van der Waals surface area (Å²) in [5.41, 5.74) is 2.53. The highest BCUT2D eigenvalue weighted by molar-refractivity contribution is 6.02. The number of benzene rings is 1. The Bertz CT molecular complexity index is 685. The number of methoxy groups -OCH3 is 1. The van der Waals surface area contributed by atoms with Crippen molar-refractivity contribution >= 4 is 12.3 Å². The van der Waals surface area contributed by atoms with Gasteiger partial charge in [0, 0.05) is 12.2 Å². The minimum Gasteiger partial charge on any atom is -0.495 e. The SMILES string of the molecule is CCOC1OC(=O)c2c(OC)c(C)c(OCC=C(C)C)c(C=O)c21. The van der Waals surface area contributed by atoms with Crippen LogP contribution in [0.1, 0.15) is 58.9 Å². The quantitative estimate of drug-likeness (QED) is 0.432. The first kappa shape index (κ1) is 18.0. The van der Waals surface area contributed by atoms with E-state index in [1.54, 1.807) is 13.8 Å². The first-order valence-electron chi connectivity index (χ1n) is 7.74. The molecule has 0 saturated carbocycles. The molecule has 0 amide bonds. The average Bonchev–Trinajstić information content (AvgIpc) is 2.84. The van der Waals surface area contributed by atoms with Crippen LogP contribution in [0.4, 0.5) is 0 Å². The first-order valence-corrected chi connectivity index (χ1v) is 7.74. The smallest absolute Gasteiger partial charge is 0.345 e. The second kappa shape index (κ2) is 7.49. The predicted molar refractivity (Wildman–Crippen MR) is 87.8 cm³/mol. The fourth-order valence-electron chi connectivity index (χ4n) is 2.65. The van der Waals surface area contributed by atoms with Crippen LogP contribution >= 0.6 is 0 Å². The van der Waals surface area contributed by atoms with E-state index in [9.17, 15) is 9.59 Å². The van der Waals surface area contributed by atoms with E-state index < -0.39 is 12.3 Å². The number of rotatable bonds is 7. The second-order valence-electron chi connectivity index (χ2n) is 5.59. The molecule has 24 heavy (non-hydrogen) atoms. The molecule has 1 atom stereocenters.